The Hall–Kier alpha value is -3.23. The Kier molecular flexibility index (Phi) is 9.45. The SMILES string of the molecule is CC(=O)OC[C@@]1(C(=O)OCC(=O)OCc2ccccc2)CC[C@]2(C)[C@H](CC[C@@H]3[C@@]4(C)CC[C@H](OC(C)=O)C(C)(C)[C@@H]4CC[C@]32C)C1=O. The van der Waals surface area contributed by atoms with Gasteiger partial charge in [-0.05, 0) is 85.0 Å². The monoisotopic (exact) mass is 652 g/mol. The number of hydrogen-bond donors (Lipinski definition) is 0. The van der Waals surface area contributed by atoms with Crippen LogP contribution in [0.25, 0.3) is 0 Å². The highest BCUT2D eigenvalue weighted by Gasteiger charge is 2.71. The number of fused-ring (bicyclic) bond motifs is 5. The average molecular weight is 653 g/mol. The van der Waals surface area contributed by atoms with E-state index in [9.17, 15) is 24.0 Å². The summed E-state index contributed by atoms with van der Waals surface area (Å²) in [6.45, 7) is 13.2. The van der Waals surface area contributed by atoms with Gasteiger partial charge in [0.25, 0.3) is 0 Å². The summed E-state index contributed by atoms with van der Waals surface area (Å²) in [5.41, 5.74) is -1.59. The zero-order chi connectivity index (χ0) is 34.4. The predicted octanol–water partition coefficient (Wildman–Crippen LogP) is 6.39. The van der Waals surface area contributed by atoms with E-state index in [1.54, 1.807) is 0 Å². The second-order valence-electron chi connectivity index (χ2n) is 16.0. The topological polar surface area (TPSA) is 122 Å². The van der Waals surface area contributed by atoms with Crippen molar-refractivity contribution >= 4 is 29.7 Å². The molecule has 0 bridgehead atoms. The number of carbonyl (C=O) groups excluding carboxylic acids is 5. The predicted molar refractivity (Wildman–Crippen MR) is 172 cm³/mol. The molecule has 1 aromatic carbocycles. The Balaban J connectivity index is 1.36. The van der Waals surface area contributed by atoms with Gasteiger partial charge in [0, 0.05) is 25.2 Å². The van der Waals surface area contributed by atoms with E-state index in [-0.39, 0.29) is 52.5 Å². The van der Waals surface area contributed by atoms with Gasteiger partial charge in [-0.15, -0.1) is 0 Å². The maximum atomic E-state index is 14.7. The van der Waals surface area contributed by atoms with E-state index < -0.39 is 42.5 Å². The molecule has 0 radical (unpaired) electrons. The molecular weight excluding hydrogens is 600 g/mol. The van der Waals surface area contributed by atoms with Crippen LogP contribution in [0, 0.1) is 44.8 Å². The molecule has 1 aromatic rings. The maximum Gasteiger partial charge on any atom is 0.344 e. The molecule has 47 heavy (non-hydrogen) atoms. The number of ether oxygens (including phenoxy) is 4. The maximum absolute atomic E-state index is 14.7. The smallest absolute Gasteiger partial charge is 0.344 e. The van der Waals surface area contributed by atoms with Crippen molar-refractivity contribution in [3.63, 3.8) is 0 Å². The third-order valence-electron chi connectivity index (χ3n) is 13.4. The molecule has 4 aliphatic rings. The number of rotatable bonds is 8. The summed E-state index contributed by atoms with van der Waals surface area (Å²) in [5.74, 6) is -2.33. The molecule has 4 fully saturated rings. The van der Waals surface area contributed by atoms with Gasteiger partial charge < -0.3 is 18.9 Å². The fourth-order valence-corrected chi connectivity index (χ4v) is 10.8. The summed E-state index contributed by atoms with van der Waals surface area (Å²) in [4.78, 5) is 64.9. The Bertz CT molecular complexity index is 1400. The summed E-state index contributed by atoms with van der Waals surface area (Å²) in [5, 5.41) is 0. The molecule has 0 saturated heterocycles. The van der Waals surface area contributed by atoms with Gasteiger partial charge in [0.1, 0.15) is 19.3 Å². The van der Waals surface area contributed by atoms with Gasteiger partial charge in [-0.2, -0.15) is 0 Å². The molecule has 4 saturated carbocycles. The normalized spacial score (nSPS) is 37.3. The van der Waals surface area contributed by atoms with Crippen LogP contribution >= 0.6 is 0 Å². The van der Waals surface area contributed by atoms with Crippen LogP contribution in [0.15, 0.2) is 30.3 Å². The van der Waals surface area contributed by atoms with Gasteiger partial charge in [0.2, 0.25) is 0 Å². The van der Waals surface area contributed by atoms with Gasteiger partial charge in [-0.3, -0.25) is 19.2 Å². The first-order valence-corrected chi connectivity index (χ1v) is 17.2. The molecule has 9 nitrogen and oxygen atoms in total. The minimum Gasteiger partial charge on any atom is -0.464 e. The Morgan fingerprint density at radius 2 is 1.45 bits per heavy atom. The summed E-state index contributed by atoms with van der Waals surface area (Å²) in [6, 6.07) is 9.17. The van der Waals surface area contributed by atoms with Crippen molar-refractivity contribution in [3.05, 3.63) is 35.9 Å². The minimum atomic E-state index is -1.68. The summed E-state index contributed by atoms with van der Waals surface area (Å²) >= 11 is 0. The molecule has 8 atom stereocenters. The van der Waals surface area contributed by atoms with Gasteiger partial charge in [-0.25, -0.2) is 4.79 Å². The summed E-state index contributed by atoms with van der Waals surface area (Å²) < 4.78 is 22.0. The lowest BCUT2D eigenvalue weighted by Gasteiger charge is -2.71. The number of benzene rings is 1. The lowest BCUT2D eigenvalue weighted by molar-refractivity contribution is -0.237. The Morgan fingerprint density at radius 1 is 0.745 bits per heavy atom. The zero-order valence-corrected chi connectivity index (χ0v) is 29.1. The molecular formula is C38H52O9. The van der Waals surface area contributed by atoms with E-state index in [4.69, 9.17) is 18.9 Å². The van der Waals surface area contributed by atoms with Gasteiger partial charge in [0.05, 0.1) is 0 Å². The van der Waals surface area contributed by atoms with Crippen molar-refractivity contribution in [1.82, 2.24) is 0 Å². The Morgan fingerprint density at radius 3 is 2.11 bits per heavy atom. The third-order valence-corrected chi connectivity index (χ3v) is 13.4. The number of Topliss-reactive ketones (excluding diaryl/α,β-unsaturated/α-hetero) is 1. The van der Waals surface area contributed by atoms with Crippen molar-refractivity contribution in [1.29, 1.82) is 0 Å². The van der Waals surface area contributed by atoms with Gasteiger partial charge in [-0.1, -0.05) is 65.0 Å². The lowest BCUT2D eigenvalue weighted by atomic mass is 9.33. The number of ketones is 1. The van der Waals surface area contributed by atoms with Crippen molar-refractivity contribution in [2.24, 2.45) is 44.8 Å². The molecule has 0 unspecified atom stereocenters. The van der Waals surface area contributed by atoms with Crippen LogP contribution in [0.1, 0.15) is 105 Å². The summed E-state index contributed by atoms with van der Waals surface area (Å²) in [7, 11) is 0. The molecule has 0 heterocycles. The highest BCUT2D eigenvalue weighted by Crippen LogP contribution is 2.74. The van der Waals surface area contributed by atoms with E-state index >= 15 is 0 Å². The molecule has 258 valence electrons. The molecule has 9 heteroatoms. The first-order chi connectivity index (χ1) is 22.0. The van der Waals surface area contributed by atoms with E-state index in [2.05, 4.69) is 34.6 Å². The first kappa shape index (κ1) is 35.1. The quantitative estimate of drug-likeness (QED) is 0.179. The molecule has 5 rings (SSSR count). The standard InChI is InChI=1S/C38H52O9/c1-24(39)46-23-38(33(43)45-22-31(41)44-21-26-11-9-8-10-12-26)20-19-36(6)27(32(38)42)13-14-29-35(5)17-16-30(47-25(2)40)34(3,4)28(35)15-18-37(29,36)7/h8-12,27-30H,13-23H2,1-7H3/t27-,28+,29-,30+,35+,36-,37-,38+/m1/s1. The van der Waals surface area contributed by atoms with Gasteiger partial charge in [0.15, 0.2) is 17.8 Å². The van der Waals surface area contributed by atoms with E-state index in [0.29, 0.717) is 24.7 Å². The number of hydrogen-bond acceptors (Lipinski definition) is 9. The molecule has 0 aliphatic heterocycles. The van der Waals surface area contributed by atoms with E-state index in [0.717, 1.165) is 37.7 Å². The summed E-state index contributed by atoms with van der Waals surface area (Å²) in [6.07, 6.45) is 5.79. The van der Waals surface area contributed by atoms with Crippen LogP contribution in [-0.4, -0.2) is 49.0 Å². The van der Waals surface area contributed by atoms with Crippen molar-refractivity contribution in [2.75, 3.05) is 13.2 Å². The highest BCUT2D eigenvalue weighted by molar-refractivity contribution is 6.06. The second kappa shape index (κ2) is 12.7. The van der Waals surface area contributed by atoms with E-state index in [1.165, 1.54) is 13.8 Å². The van der Waals surface area contributed by atoms with Crippen molar-refractivity contribution in [2.45, 2.75) is 113 Å². The van der Waals surface area contributed by atoms with Crippen LogP contribution in [0.2, 0.25) is 0 Å². The second-order valence-corrected chi connectivity index (χ2v) is 16.0. The van der Waals surface area contributed by atoms with Crippen LogP contribution in [-0.2, 0) is 49.5 Å². The average Bonchev–Trinajstić information content (AvgIpc) is 3.01. The van der Waals surface area contributed by atoms with Crippen molar-refractivity contribution < 1.29 is 42.9 Å². The largest absolute Gasteiger partial charge is 0.464 e. The first-order valence-electron chi connectivity index (χ1n) is 17.2. The van der Waals surface area contributed by atoms with Crippen LogP contribution in [0.4, 0.5) is 0 Å². The lowest BCUT2D eigenvalue weighted by Crippen LogP contribution is -2.68. The van der Waals surface area contributed by atoms with E-state index in [1.807, 2.05) is 30.3 Å². The van der Waals surface area contributed by atoms with Crippen molar-refractivity contribution in [3.8, 4) is 0 Å². The minimum absolute atomic E-state index is 0.00942. The van der Waals surface area contributed by atoms with Gasteiger partial charge >= 0.3 is 23.9 Å². The fraction of sp³-hybridized carbons (Fsp3) is 0.711. The highest BCUT2D eigenvalue weighted by atomic mass is 16.6. The molecule has 0 amide bonds. The molecule has 0 aromatic heterocycles. The van der Waals surface area contributed by atoms with Crippen LogP contribution < -0.4 is 0 Å². The zero-order valence-electron chi connectivity index (χ0n) is 29.1. The molecule has 0 N–H and O–H groups in total. The fourth-order valence-electron chi connectivity index (χ4n) is 10.8. The number of esters is 4. The third kappa shape index (κ3) is 5.90. The molecule has 0 spiro atoms. The van der Waals surface area contributed by atoms with Crippen LogP contribution in [0.5, 0.6) is 0 Å². The molecule has 4 aliphatic carbocycles. The van der Waals surface area contributed by atoms with Crippen LogP contribution in [0.3, 0.4) is 0 Å². The number of carbonyl (C=O) groups is 5. The Labute approximate surface area is 278 Å².